The minimum absolute atomic E-state index is 0.302. The molecule has 1 aliphatic heterocycles. The molecule has 1 aliphatic rings. The molecule has 6 nitrogen and oxygen atoms in total. The van der Waals surface area contributed by atoms with Crippen LogP contribution in [-0.2, 0) is 11.8 Å². The maximum Gasteiger partial charge on any atom is 0.408 e. The van der Waals surface area contributed by atoms with E-state index in [2.05, 4.69) is 15.4 Å². The van der Waals surface area contributed by atoms with Crippen LogP contribution in [0.2, 0.25) is 0 Å². The number of alkyl carbamates (subject to hydrolysis) is 1. The van der Waals surface area contributed by atoms with Gasteiger partial charge in [0.15, 0.2) is 6.10 Å². The molecule has 3 aromatic rings. The Kier molecular flexibility index (Phi) is 3.49. The van der Waals surface area contributed by atoms with Crippen LogP contribution < -0.4 is 5.32 Å². The van der Waals surface area contributed by atoms with Gasteiger partial charge >= 0.3 is 6.09 Å². The Hall–Kier alpha value is -3.15. The van der Waals surface area contributed by atoms with Crippen molar-refractivity contribution in [2.45, 2.75) is 12.1 Å². The third-order valence-electron chi connectivity index (χ3n) is 4.19. The highest BCUT2D eigenvalue weighted by atomic mass is 16.6. The minimum atomic E-state index is -0.434. The third-order valence-corrected chi connectivity index (χ3v) is 4.19. The Morgan fingerprint density at radius 2 is 1.96 bits per heavy atom. The van der Waals surface area contributed by atoms with Gasteiger partial charge in [0.1, 0.15) is 6.04 Å². The monoisotopic (exact) mass is 320 g/mol. The van der Waals surface area contributed by atoms with Crippen LogP contribution >= 0.6 is 0 Å². The fourth-order valence-electron chi connectivity index (χ4n) is 2.99. The van der Waals surface area contributed by atoms with Gasteiger partial charge in [-0.25, -0.2) is 4.79 Å². The Balaban J connectivity index is 1.72. The van der Waals surface area contributed by atoms with E-state index in [1.807, 2.05) is 55.7 Å². The molecular formula is C18H16N4O2. The Morgan fingerprint density at radius 3 is 2.71 bits per heavy atom. The number of carbonyl (C=O) groups excluding carboxylic acids is 1. The predicted molar refractivity (Wildman–Crippen MR) is 88.0 cm³/mol. The van der Waals surface area contributed by atoms with Crippen LogP contribution in [0.4, 0.5) is 4.79 Å². The summed E-state index contributed by atoms with van der Waals surface area (Å²) in [5.41, 5.74) is 3.81. The molecule has 1 fully saturated rings. The third kappa shape index (κ3) is 2.52. The van der Waals surface area contributed by atoms with Crippen LogP contribution in [0.5, 0.6) is 0 Å². The molecule has 3 heterocycles. The number of hydrogen-bond acceptors (Lipinski definition) is 4. The fraction of sp³-hybridized carbons (Fsp3) is 0.167. The number of aromatic nitrogens is 3. The Bertz CT molecular complexity index is 875. The van der Waals surface area contributed by atoms with Gasteiger partial charge in [-0.1, -0.05) is 30.3 Å². The summed E-state index contributed by atoms with van der Waals surface area (Å²) in [5, 5.41) is 7.03. The van der Waals surface area contributed by atoms with E-state index >= 15 is 0 Å². The van der Waals surface area contributed by atoms with E-state index in [9.17, 15) is 4.79 Å². The molecule has 120 valence electrons. The summed E-state index contributed by atoms with van der Waals surface area (Å²) < 4.78 is 7.18. The lowest BCUT2D eigenvalue weighted by Crippen LogP contribution is -2.20. The van der Waals surface area contributed by atoms with E-state index < -0.39 is 12.2 Å². The molecule has 24 heavy (non-hydrogen) atoms. The molecule has 0 saturated carbocycles. The van der Waals surface area contributed by atoms with Gasteiger partial charge in [0.25, 0.3) is 0 Å². The molecule has 1 aromatic carbocycles. The molecule has 6 heteroatoms. The second-order valence-electron chi connectivity index (χ2n) is 5.70. The van der Waals surface area contributed by atoms with Gasteiger partial charge in [-0.15, -0.1) is 0 Å². The summed E-state index contributed by atoms with van der Waals surface area (Å²) in [6.45, 7) is 0. The molecule has 1 N–H and O–H groups in total. The van der Waals surface area contributed by atoms with Gasteiger partial charge in [0.05, 0.1) is 5.69 Å². The molecule has 4 rings (SSSR count). The number of pyridine rings is 1. The summed E-state index contributed by atoms with van der Waals surface area (Å²) in [6.07, 6.45) is 4.40. The Labute approximate surface area is 139 Å². The van der Waals surface area contributed by atoms with Crippen LogP contribution in [0.3, 0.4) is 0 Å². The van der Waals surface area contributed by atoms with Gasteiger partial charge < -0.3 is 10.1 Å². The first-order valence-corrected chi connectivity index (χ1v) is 7.68. The largest absolute Gasteiger partial charge is 0.437 e. The van der Waals surface area contributed by atoms with Crippen molar-refractivity contribution in [3.05, 3.63) is 72.3 Å². The number of aryl methyl sites for hydroxylation is 1. The van der Waals surface area contributed by atoms with E-state index in [0.29, 0.717) is 0 Å². The molecule has 1 amide bonds. The molecule has 0 bridgehead atoms. The second kappa shape index (κ2) is 5.81. The molecule has 0 spiro atoms. The van der Waals surface area contributed by atoms with Crippen molar-refractivity contribution in [1.29, 1.82) is 0 Å². The van der Waals surface area contributed by atoms with Crippen molar-refractivity contribution in [3.8, 4) is 11.1 Å². The number of carbonyl (C=O) groups is 1. The van der Waals surface area contributed by atoms with Crippen molar-refractivity contribution >= 4 is 6.09 Å². The molecule has 2 atom stereocenters. The van der Waals surface area contributed by atoms with Crippen LogP contribution in [0.15, 0.2) is 61.1 Å². The van der Waals surface area contributed by atoms with E-state index in [-0.39, 0.29) is 6.04 Å². The number of nitrogens with zero attached hydrogens (tertiary/aromatic N) is 3. The average molecular weight is 320 g/mol. The number of cyclic esters (lactones) is 1. The van der Waals surface area contributed by atoms with Crippen LogP contribution in [0.25, 0.3) is 11.1 Å². The van der Waals surface area contributed by atoms with Gasteiger partial charge in [-0.2, -0.15) is 5.10 Å². The van der Waals surface area contributed by atoms with Gasteiger partial charge in [-0.05, 0) is 23.3 Å². The average Bonchev–Trinajstić information content (AvgIpc) is 3.21. The van der Waals surface area contributed by atoms with Gasteiger partial charge in [0, 0.05) is 31.2 Å². The summed E-state index contributed by atoms with van der Waals surface area (Å²) in [5.74, 6) is 0. The number of hydrogen-bond donors (Lipinski definition) is 1. The van der Waals surface area contributed by atoms with Crippen molar-refractivity contribution in [2.24, 2.45) is 7.05 Å². The second-order valence-corrected chi connectivity index (χ2v) is 5.70. The molecule has 0 unspecified atom stereocenters. The van der Waals surface area contributed by atoms with Crippen LogP contribution in [0.1, 0.15) is 23.4 Å². The summed E-state index contributed by atoms with van der Waals surface area (Å²) in [4.78, 5) is 16.2. The Morgan fingerprint density at radius 1 is 1.12 bits per heavy atom. The first kappa shape index (κ1) is 14.4. The van der Waals surface area contributed by atoms with Crippen molar-refractivity contribution in [3.63, 3.8) is 0 Å². The number of ether oxygens (including phenoxy) is 1. The first-order valence-electron chi connectivity index (χ1n) is 7.68. The molecule has 2 aromatic heterocycles. The highest BCUT2D eigenvalue weighted by molar-refractivity contribution is 5.71. The number of rotatable bonds is 3. The van der Waals surface area contributed by atoms with Gasteiger partial charge in [-0.3, -0.25) is 9.67 Å². The van der Waals surface area contributed by atoms with Gasteiger partial charge in [0.2, 0.25) is 0 Å². The zero-order valence-corrected chi connectivity index (χ0v) is 13.1. The van der Waals surface area contributed by atoms with E-state index in [4.69, 9.17) is 4.74 Å². The predicted octanol–water partition coefficient (Wildman–Crippen LogP) is 3.00. The maximum absolute atomic E-state index is 11.8. The number of amides is 1. The van der Waals surface area contributed by atoms with Crippen LogP contribution in [0, 0.1) is 0 Å². The zero-order chi connectivity index (χ0) is 16.5. The summed E-state index contributed by atoms with van der Waals surface area (Å²) in [6, 6.07) is 13.6. The summed E-state index contributed by atoms with van der Waals surface area (Å²) in [7, 11) is 1.83. The number of benzene rings is 1. The first-order chi connectivity index (χ1) is 11.7. The highest BCUT2D eigenvalue weighted by Gasteiger charge is 2.38. The topological polar surface area (TPSA) is 69.0 Å². The van der Waals surface area contributed by atoms with Crippen molar-refractivity contribution in [1.82, 2.24) is 20.1 Å². The standard InChI is InChI=1S/C18H16N4O2/c1-22-15(7-8-20-22)17-16(21-18(23)24-17)14-9-13(10-19-11-14)12-5-3-2-4-6-12/h2-11,16-17H,1H3,(H,21,23)/t16-,17-/m1/s1. The lowest BCUT2D eigenvalue weighted by molar-refractivity contribution is 0.127. The van der Waals surface area contributed by atoms with Crippen molar-refractivity contribution < 1.29 is 9.53 Å². The van der Waals surface area contributed by atoms with E-state index in [1.165, 1.54) is 0 Å². The molecule has 1 saturated heterocycles. The van der Waals surface area contributed by atoms with Crippen LogP contribution in [-0.4, -0.2) is 20.9 Å². The lowest BCUT2D eigenvalue weighted by atomic mass is 9.98. The van der Waals surface area contributed by atoms with Crippen molar-refractivity contribution in [2.75, 3.05) is 0 Å². The number of nitrogens with one attached hydrogen (secondary N) is 1. The molecule has 0 aliphatic carbocycles. The lowest BCUT2D eigenvalue weighted by Gasteiger charge is -2.17. The maximum atomic E-state index is 11.8. The zero-order valence-electron chi connectivity index (χ0n) is 13.1. The highest BCUT2D eigenvalue weighted by Crippen LogP contribution is 2.37. The molecular weight excluding hydrogens is 304 g/mol. The minimum Gasteiger partial charge on any atom is -0.437 e. The SMILES string of the molecule is Cn1nccc1[C@H]1OC(=O)N[C@@H]1c1cncc(-c2ccccc2)c1. The fourth-order valence-corrected chi connectivity index (χ4v) is 2.99. The normalized spacial score (nSPS) is 19.8. The van der Waals surface area contributed by atoms with E-state index in [0.717, 1.165) is 22.4 Å². The molecule has 0 radical (unpaired) electrons. The smallest absolute Gasteiger partial charge is 0.408 e. The van der Waals surface area contributed by atoms with E-state index in [1.54, 1.807) is 17.1 Å². The summed E-state index contributed by atoms with van der Waals surface area (Å²) >= 11 is 0. The quantitative estimate of drug-likeness (QED) is 0.805.